The van der Waals surface area contributed by atoms with Crippen LogP contribution in [0.15, 0.2) is 36.4 Å². The van der Waals surface area contributed by atoms with Gasteiger partial charge in [0.05, 0.1) is 26.9 Å². The molecule has 0 aliphatic carbocycles. The number of non-ortho nitro benzene ring substituents is 1. The number of nitrogens with one attached hydrogen (secondary N) is 1. The third kappa shape index (κ3) is 8.05. The van der Waals surface area contributed by atoms with Gasteiger partial charge < -0.3 is 10.2 Å². The number of nitro benzene ring substituents is 1. The van der Waals surface area contributed by atoms with Crippen LogP contribution in [0.4, 0.5) is 11.4 Å². The summed E-state index contributed by atoms with van der Waals surface area (Å²) in [6.07, 6.45) is 1.58. The summed E-state index contributed by atoms with van der Waals surface area (Å²) >= 11 is 12.1. The smallest absolute Gasteiger partial charge is 0.271 e. The molecule has 2 atom stereocenters. The average Bonchev–Trinajstić information content (AvgIpc) is 2.82. The highest BCUT2D eigenvalue weighted by Crippen LogP contribution is 2.28. The first-order chi connectivity index (χ1) is 17.1. The van der Waals surface area contributed by atoms with Gasteiger partial charge in [-0.3, -0.25) is 24.0 Å². The Labute approximate surface area is 226 Å². The molecule has 2 aromatic rings. The Kier molecular flexibility index (Phi) is 10.3. The van der Waals surface area contributed by atoms with Crippen LogP contribution in [0.3, 0.4) is 0 Å². The third-order valence-electron chi connectivity index (χ3n) is 5.86. The molecule has 0 spiro atoms. The lowest BCUT2D eigenvalue weighted by molar-refractivity contribution is -0.384. The number of halogens is 2. The number of nitro groups is 1. The number of carbonyl (C=O) groups excluding carboxylic acids is 2. The zero-order chi connectivity index (χ0) is 28.1. The van der Waals surface area contributed by atoms with E-state index in [-0.39, 0.29) is 29.0 Å². The number of amides is 2. The summed E-state index contributed by atoms with van der Waals surface area (Å²) in [6, 6.07) is 7.41. The molecule has 0 fully saturated rings. The largest absolute Gasteiger partial charge is 0.352 e. The summed E-state index contributed by atoms with van der Waals surface area (Å²) in [6.45, 7) is 6.11. The van der Waals surface area contributed by atoms with Crippen molar-refractivity contribution in [3.63, 3.8) is 0 Å². The summed E-state index contributed by atoms with van der Waals surface area (Å²) in [5, 5.41) is 14.7. The molecule has 0 aliphatic heterocycles. The summed E-state index contributed by atoms with van der Waals surface area (Å²) in [5.41, 5.74) is 0.665. The predicted molar refractivity (Wildman–Crippen MR) is 144 cm³/mol. The molecule has 2 amide bonds. The van der Waals surface area contributed by atoms with Crippen molar-refractivity contribution < 1.29 is 22.9 Å². The highest BCUT2D eigenvalue weighted by Gasteiger charge is 2.31. The van der Waals surface area contributed by atoms with Gasteiger partial charge in [-0.05, 0) is 50.5 Å². The highest BCUT2D eigenvalue weighted by molar-refractivity contribution is 7.92. The minimum atomic E-state index is -4.04. The maximum absolute atomic E-state index is 13.6. The van der Waals surface area contributed by atoms with Crippen LogP contribution in [0, 0.1) is 17.0 Å². The van der Waals surface area contributed by atoms with E-state index in [0.29, 0.717) is 22.6 Å². The number of anilines is 1. The topological polar surface area (TPSA) is 130 Å². The second-order valence-electron chi connectivity index (χ2n) is 8.76. The van der Waals surface area contributed by atoms with Crippen molar-refractivity contribution in [1.29, 1.82) is 0 Å². The zero-order valence-electron chi connectivity index (χ0n) is 21.2. The van der Waals surface area contributed by atoms with Crippen molar-refractivity contribution in [3.05, 3.63) is 67.7 Å². The lowest BCUT2D eigenvalue weighted by Crippen LogP contribution is -2.52. The Bertz CT molecular complexity index is 1290. The molecule has 0 saturated heterocycles. The molecule has 10 nitrogen and oxygen atoms in total. The van der Waals surface area contributed by atoms with Crippen molar-refractivity contribution in [2.24, 2.45) is 0 Å². The Hall–Kier alpha value is -2.89. The fraction of sp³-hybridized carbons (Fsp3) is 0.417. The first-order valence-corrected chi connectivity index (χ1v) is 14.0. The molecule has 2 rings (SSSR count). The predicted octanol–water partition coefficient (Wildman–Crippen LogP) is 4.31. The Balaban J connectivity index is 2.50. The number of sulfonamides is 1. The average molecular weight is 573 g/mol. The van der Waals surface area contributed by atoms with Crippen LogP contribution in [-0.2, 0) is 26.2 Å². The molecule has 0 unspecified atom stereocenters. The van der Waals surface area contributed by atoms with Crippen molar-refractivity contribution in [3.8, 4) is 0 Å². The Morgan fingerprint density at radius 1 is 1.11 bits per heavy atom. The van der Waals surface area contributed by atoms with Gasteiger partial charge in [-0.1, -0.05) is 42.3 Å². The lowest BCUT2D eigenvalue weighted by atomic mass is 10.1. The minimum absolute atomic E-state index is 0.00347. The van der Waals surface area contributed by atoms with E-state index in [1.54, 1.807) is 25.1 Å². The maximum atomic E-state index is 13.6. The van der Waals surface area contributed by atoms with Gasteiger partial charge in [0.2, 0.25) is 21.8 Å². The van der Waals surface area contributed by atoms with Gasteiger partial charge in [0, 0.05) is 24.7 Å². The van der Waals surface area contributed by atoms with E-state index in [0.717, 1.165) is 16.6 Å². The van der Waals surface area contributed by atoms with Crippen molar-refractivity contribution >= 4 is 56.4 Å². The van der Waals surface area contributed by atoms with Crippen LogP contribution in [0.2, 0.25) is 10.0 Å². The van der Waals surface area contributed by atoms with Gasteiger partial charge in [-0.2, -0.15) is 0 Å². The monoisotopic (exact) mass is 572 g/mol. The fourth-order valence-corrected chi connectivity index (χ4v) is 4.68. The number of rotatable bonds is 11. The van der Waals surface area contributed by atoms with E-state index in [1.807, 2.05) is 13.8 Å². The number of hydrogen-bond donors (Lipinski definition) is 1. The molecular formula is C24H30Cl2N4O6S. The molecule has 0 aromatic heterocycles. The van der Waals surface area contributed by atoms with E-state index < -0.39 is 39.3 Å². The lowest BCUT2D eigenvalue weighted by Gasteiger charge is -2.32. The van der Waals surface area contributed by atoms with Crippen molar-refractivity contribution in [2.45, 2.75) is 52.7 Å². The van der Waals surface area contributed by atoms with E-state index in [4.69, 9.17) is 23.2 Å². The van der Waals surface area contributed by atoms with Gasteiger partial charge in [-0.15, -0.1) is 0 Å². The Morgan fingerprint density at radius 2 is 1.76 bits per heavy atom. The maximum Gasteiger partial charge on any atom is 0.271 e. The Morgan fingerprint density at radius 3 is 2.30 bits per heavy atom. The summed E-state index contributed by atoms with van der Waals surface area (Å²) in [5.74, 6) is -1.10. The van der Waals surface area contributed by atoms with Gasteiger partial charge in [0.1, 0.15) is 12.6 Å². The number of hydrogen-bond acceptors (Lipinski definition) is 6. The molecule has 0 radical (unpaired) electrons. The molecule has 0 saturated carbocycles. The van der Waals surface area contributed by atoms with E-state index in [9.17, 15) is 28.1 Å². The summed E-state index contributed by atoms with van der Waals surface area (Å²) < 4.78 is 26.3. The van der Waals surface area contributed by atoms with E-state index in [1.165, 1.54) is 24.0 Å². The van der Waals surface area contributed by atoms with Crippen LogP contribution in [0.5, 0.6) is 0 Å². The number of benzene rings is 2. The standard InChI is InChI=1S/C24H30Cl2N4O6S/c1-6-16(3)27-24(32)17(4)28(13-18-8-10-20(25)21(26)11-18)23(31)14-29(37(5,35)36)22-12-19(30(33)34)9-7-15(22)2/h7-12,16-17H,6,13-14H2,1-5H3,(H,27,32)/t16-,17+/m0/s1. The number of carbonyl (C=O) groups is 2. The van der Waals surface area contributed by atoms with Crippen LogP contribution >= 0.6 is 23.2 Å². The molecule has 1 N–H and O–H groups in total. The highest BCUT2D eigenvalue weighted by atomic mass is 35.5. The molecule has 2 aromatic carbocycles. The van der Waals surface area contributed by atoms with E-state index >= 15 is 0 Å². The summed E-state index contributed by atoms with van der Waals surface area (Å²) in [4.78, 5) is 38.4. The minimum Gasteiger partial charge on any atom is -0.352 e. The van der Waals surface area contributed by atoms with Crippen LogP contribution in [0.1, 0.15) is 38.3 Å². The fourth-order valence-electron chi connectivity index (χ4n) is 3.46. The number of nitrogens with zero attached hydrogens (tertiary/aromatic N) is 3. The normalized spacial score (nSPS) is 12.9. The SMILES string of the molecule is CC[C@H](C)NC(=O)[C@@H](C)N(Cc1ccc(Cl)c(Cl)c1)C(=O)CN(c1cc([N+](=O)[O-])ccc1C)S(C)(=O)=O. The van der Waals surface area contributed by atoms with Gasteiger partial charge in [0.25, 0.3) is 5.69 Å². The first kappa shape index (κ1) is 30.3. The molecule has 202 valence electrons. The quantitative estimate of drug-likeness (QED) is 0.315. The van der Waals surface area contributed by atoms with Crippen LogP contribution < -0.4 is 9.62 Å². The van der Waals surface area contributed by atoms with Crippen molar-refractivity contribution in [1.82, 2.24) is 10.2 Å². The van der Waals surface area contributed by atoms with Crippen LogP contribution in [0.25, 0.3) is 0 Å². The molecule has 0 bridgehead atoms. The zero-order valence-corrected chi connectivity index (χ0v) is 23.5. The van der Waals surface area contributed by atoms with Crippen molar-refractivity contribution in [2.75, 3.05) is 17.1 Å². The van der Waals surface area contributed by atoms with Gasteiger partial charge in [-0.25, -0.2) is 8.42 Å². The van der Waals surface area contributed by atoms with Gasteiger partial charge >= 0.3 is 0 Å². The first-order valence-electron chi connectivity index (χ1n) is 11.4. The van der Waals surface area contributed by atoms with Gasteiger partial charge in [0.15, 0.2) is 0 Å². The number of aryl methyl sites for hydroxylation is 1. The second kappa shape index (κ2) is 12.6. The summed E-state index contributed by atoms with van der Waals surface area (Å²) in [7, 11) is -4.04. The van der Waals surface area contributed by atoms with E-state index in [2.05, 4.69) is 5.32 Å². The third-order valence-corrected chi connectivity index (χ3v) is 7.72. The molecule has 0 aliphatic rings. The molecular weight excluding hydrogens is 543 g/mol. The molecule has 37 heavy (non-hydrogen) atoms. The molecule has 0 heterocycles. The van der Waals surface area contributed by atoms with Crippen LogP contribution in [-0.4, -0.2) is 54.9 Å². The molecule has 13 heteroatoms. The second-order valence-corrected chi connectivity index (χ2v) is 11.5.